The van der Waals surface area contributed by atoms with Gasteiger partial charge in [0.25, 0.3) is 5.91 Å². The Morgan fingerprint density at radius 3 is 2.83 bits per heavy atom. The SMILES string of the molecule is Cc1cc(-c2ncnc3[nH]ncc23)ccc1C(C)NC(=O)c1cnc(C(C)(C)CC2CCCC(n3ncc4c(Cl)ncnc43)O2)s1. The molecule has 0 radical (unpaired) electrons. The Balaban J connectivity index is 1.01. The highest BCUT2D eigenvalue weighted by Crippen LogP contribution is 2.38. The number of hydrogen-bond donors (Lipinski definition) is 2. The monoisotopic (exact) mass is 656 g/mol. The molecule has 14 heteroatoms. The van der Waals surface area contributed by atoms with Gasteiger partial charge in [-0.05, 0) is 56.7 Å². The number of H-pyrrole nitrogens is 1. The number of aromatic nitrogens is 9. The number of nitrogens with zero attached hydrogens (tertiary/aromatic N) is 8. The van der Waals surface area contributed by atoms with Crippen LogP contribution < -0.4 is 5.32 Å². The van der Waals surface area contributed by atoms with Gasteiger partial charge < -0.3 is 10.1 Å². The van der Waals surface area contributed by atoms with Gasteiger partial charge in [0.05, 0.1) is 52.2 Å². The molecule has 0 aliphatic carbocycles. The number of carbonyl (C=O) groups excluding carboxylic acids is 1. The molecule has 1 saturated heterocycles. The van der Waals surface area contributed by atoms with Crippen molar-refractivity contribution in [3.05, 3.63) is 75.6 Å². The second-order valence-corrected chi connectivity index (χ2v) is 13.8. The molecule has 3 unspecified atom stereocenters. The van der Waals surface area contributed by atoms with E-state index in [-0.39, 0.29) is 29.7 Å². The third-order valence-electron chi connectivity index (χ3n) is 8.59. The predicted octanol–water partition coefficient (Wildman–Crippen LogP) is 6.50. The molecule has 0 bridgehead atoms. The Morgan fingerprint density at radius 2 is 1.98 bits per heavy atom. The molecule has 1 fully saturated rings. The van der Waals surface area contributed by atoms with E-state index in [0.717, 1.165) is 58.5 Å². The van der Waals surface area contributed by atoms with Gasteiger partial charge in [-0.3, -0.25) is 9.89 Å². The van der Waals surface area contributed by atoms with Crippen molar-refractivity contribution in [3.63, 3.8) is 0 Å². The molecule has 12 nitrogen and oxygen atoms in total. The Morgan fingerprint density at radius 1 is 1.13 bits per heavy atom. The molecule has 6 heterocycles. The number of amides is 1. The van der Waals surface area contributed by atoms with Gasteiger partial charge in [-0.1, -0.05) is 37.6 Å². The van der Waals surface area contributed by atoms with Crippen molar-refractivity contribution in [1.29, 1.82) is 0 Å². The van der Waals surface area contributed by atoms with E-state index in [0.29, 0.717) is 26.7 Å². The second kappa shape index (κ2) is 12.1. The first-order valence-corrected chi connectivity index (χ1v) is 16.4. The van der Waals surface area contributed by atoms with Crippen LogP contribution in [-0.2, 0) is 10.2 Å². The Kier molecular flexibility index (Phi) is 7.99. The average Bonchev–Trinajstić information content (AvgIpc) is 3.81. The lowest BCUT2D eigenvalue weighted by molar-refractivity contribution is -0.102. The highest BCUT2D eigenvalue weighted by molar-refractivity contribution is 7.13. The maximum Gasteiger partial charge on any atom is 0.263 e. The number of aromatic amines is 1. The molecule has 46 heavy (non-hydrogen) atoms. The third-order valence-corrected chi connectivity index (χ3v) is 10.3. The summed E-state index contributed by atoms with van der Waals surface area (Å²) in [7, 11) is 0. The quantitative estimate of drug-likeness (QED) is 0.175. The second-order valence-electron chi connectivity index (χ2n) is 12.4. The molecular formula is C32H33ClN10O2S. The van der Waals surface area contributed by atoms with E-state index in [1.54, 1.807) is 23.3 Å². The largest absolute Gasteiger partial charge is 0.353 e. The van der Waals surface area contributed by atoms with Crippen LogP contribution >= 0.6 is 22.9 Å². The van der Waals surface area contributed by atoms with Gasteiger partial charge in [0, 0.05) is 11.0 Å². The first-order chi connectivity index (χ1) is 22.2. The lowest BCUT2D eigenvalue weighted by atomic mass is 9.85. The van der Waals surface area contributed by atoms with Gasteiger partial charge in [0.15, 0.2) is 17.5 Å². The van der Waals surface area contributed by atoms with Crippen molar-refractivity contribution >= 4 is 50.9 Å². The Bertz CT molecular complexity index is 2050. The summed E-state index contributed by atoms with van der Waals surface area (Å²) >= 11 is 7.67. The van der Waals surface area contributed by atoms with E-state index in [2.05, 4.69) is 60.5 Å². The van der Waals surface area contributed by atoms with Gasteiger partial charge in [-0.2, -0.15) is 10.2 Å². The summed E-state index contributed by atoms with van der Waals surface area (Å²) in [6.45, 7) is 8.33. The Labute approximate surface area is 274 Å². The van der Waals surface area contributed by atoms with Crippen LogP contribution in [0, 0.1) is 6.92 Å². The summed E-state index contributed by atoms with van der Waals surface area (Å²) in [5.41, 5.74) is 4.92. The normalized spacial score (nSPS) is 17.8. The lowest BCUT2D eigenvalue weighted by Gasteiger charge is -2.34. The molecule has 1 aliphatic heterocycles. The van der Waals surface area contributed by atoms with Crippen molar-refractivity contribution in [2.45, 2.75) is 77.2 Å². The summed E-state index contributed by atoms with van der Waals surface area (Å²) in [4.78, 5) is 35.8. The maximum absolute atomic E-state index is 13.4. The summed E-state index contributed by atoms with van der Waals surface area (Å²) in [6.07, 6.45) is 11.4. The minimum atomic E-state index is -0.299. The van der Waals surface area contributed by atoms with E-state index in [9.17, 15) is 4.79 Å². The zero-order chi connectivity index (χ0) is 32.0. The van der Waals surface area contributed by atoms with Crippen molar-refractivity contribution in [3.8, 4) is 11.3 Å². The van der Waals surface area contributed by atoms with Crippen LogP contribution in [0.1, 0.15) is 84.5 Å². The fourth-order valence-electron chi connectivity index (χ4n) is 6.25. The highest BCUT2D eigenvalue weighted by atomic mass is 35.5. The molecule has 5 aromatic heterocycles. The average molecular weight is 657 g/mol. The number of thiazole rings is 1. The smallest absolute Gasteiger partial charge is 0.263 e. The van der Waals surface area contributed by atoms with Gasteiger partial charge in [0.1, 0.15) is 22.7 Å². The number of aryl methyl sites for hydroxylation is 1. The molecule has 7 rings (SSSR count). The van der Waals surface area contributed by atoms with Gasteiger partial charge in [-0.15, -0.1) is 11.3 Å². The van der Waals surface area contributed by atoms with Crippen LogP contribution in [0.15, 0.2) is 49.4 Å². The molecule has 1 aromatic carbocycles. The van der Waals surface area contributed by atoms with Crippen molar-refractivity contribution in [1.82, 2.24) is 50.2 Å². The van der Waals surface area contributed by atoms with Crippen LogP contribution in [0.3, 0.4) is 0 Å². The topological polar surface area (TPSA) is 149 Å². The first-order valence-electron chi connectivity index (χ1n) is 15.2. The fourth-order valence-corrected chi connectivity index (χ4v) is 7.36. The molecule has 0 spiro atoms. The van der Waals surface area contributed by atoms with Crippen molar-refractivity contribution < 1.29 is 9.53 Å². The first kappa shape index (κ1) is 30.3. The Hall–Kier alpha value is -4.33. The molecule has 1 amide bonds. The lowest BCUT2D eigenvalue weighted by Crippen LogP contribution is -2.32. The number of hydrogen-bond acceptors (Lipinski definition) is 10. The van der Waals surface area contributed by atoms with Crippen molar-refractivity contribution in [2.24, 2.45) is 0 Å². The zero-order valence-corrected chi connectivity index (χ0v) is 27.4. The number of benzene rings is 1. The van der Waals surface area contributed by atoms with E-state index >= 15 is 0 Å². The van der Waals surface area contributed by atoms with E-state index in [1.807, 2.05) is 26.0 Å². The summed E-state index contributed by atoms with van der Waals surface area (Å²) in [5, 5.41) is 17.5. The number of fused-ring (bicyclic) bond motifs is 2. The number of nitrogens with one attached hydrogen (secondary N) is 2. The number of carbonyl (C=O) groups is 1. The van der Waals surface area contributed by atoms with Crippen LogP contribution in [0.5, 0.6) is 0 Å². The minimum absolute atomic E-state index is 0.00408. The van der Waals surface area contributed by atoms with E-state index < -0.39 is 0 Å². The molecule has 3 atom stereocenters. The van der Waals surface area contributed by atoms with E-state index in [1.165, 1.54) is 24.0 Å². The minimum Gasteiger partial charge on any atom is -0.353 e. The number of halogens is 1. The highest BCUT2D eigenvalue weighted by Gasteiger charge is 2.34. The summed E-state index contributed by atoms with van der Waals surface area (Å²) in [6, 6.07) is 5.93. The van der Waals surface area contributed by atoms with Crippen LogP contribution in [0.2, 0.25) is 5.15 Å². The summed E-state index contributed by atoms with van der Waals surface area (Å²) < 4.78 is 8.34. The van der Waals surface area contributed by atoms with Crippen LogP contribution in [0.4, 0.5) is 0 Å². The molecule has 0 saturated carbocycles. The fraction of sp³-hybridized carbons (Fsp3) is 0.375. The standard InChI is InChI=1S/C32H33ClN10O2S/c1-17-10-19(26-22-12-39-42-28(22)37-15-35-26)8-9-21(17)18(2)41-30(44)24-14-34-31(46-24)32(3,4)11-20-6-5-7-25(45-20)43-29-23(13-40-43)27(33)36-16-38-29/h8-10,12-16,18,20,25H,5-7,11H2,1-4H3,(H,41,44)(H,35,37,39,42). The maximum atomic E-state index is 13.4. The molecule has 6 aromatic rings. The van der Waals surface area contributed by atoms with Gasteiger partial charge >= 0.3 is 0 Å². The zero-order valence-electron chi connectivity index (χ0n) is 25.9. The predicted molar refractivity (Wildman–Crippen MR) is 176 cm³/mol. The molecular weight excluding hydrogens is 624 g/mol. The number of ether oxygens (including phenoxy) is 1. The summed E-state index contributed by atoms with van der Waals surface area (Å²) in [5.74, 6) is -0.147. The third kappa shape index (κ3) is 5.74. The molecule has 2 N–H and O–H groups in total. The number of rotatable bonds is 8. The molecule has 236 valence electrons. The molecule has 1 aliphatic rings. The van der Waals surface area contributed by atoms with Crippen LogP contribution in [0.25, 0.3) is 33.3 Å². The van der Waals surface area contributed by atoms with Crippen molar-refractivity contribution in [2.75, 3.05) is 0 Å². The van der Waals surface area contributed by atoms with Gasteiger partial charge in [-0.25, -0.2) is 29.6 Å². The van der Waals surface area contributed by atoms with Crippen LogP contribution in [-0.4, -0.2) is 56.9 Å². The van der Waals surface area contributed by atoms with Gasteiger partial charge in [0.2, 0.25) is 0 Å². The van der Waals surface area contributed by atoms with E-state index in [4.69, 9.17) is 21.3 Å².